The van der Waals surface area contributed by atoms with Crippen LogP contribution < -0.4 is 10.5 Å². The number of rotatable bonds is 8. The van der Waals surface area contributed by atoms with Crippen molar-refractivity contribution < 1.29 is 9.13 Å². The minimum atomic E-state index is -0.273. The Bertz CT molecular complexity index is 956. The van der Waals surface area contributed by atoms with Crippen molar-refractivity contribution in [2.24, 2.45) is 10.7 Å². The van der Waals surface area contributed by atoms with Gasteiger partial charge in [-0.3, -0.25) is 4.99 Å². The van der Waals surface area contributed by atoms with E-state index in [0.717, 1.165) is 69.6 Å². The van der Waals surface area contributed by atoms with Crippen LogP contribution >= 0.6 is 0 Å². The first kappa shape index (κ1) is 22.7. The van der Waals surface area contributed by atoms with Crippen LogP contribution in [0.3, 0.4) is 0 Å². The van der Waals surface area contributed by atoms with Crippen molar-refractivity contribution in [3.8, 4) is 5.75 Å². The van der Waals surface area contributed by atoms with E-state index >= 15 is 0 Å². The molecule has 2 aromatic rings. The molecule has 5 heteroatoms. The molecule has 4 nitrogen and oxygen atoms in total. The highest BCUT2D eigenvalue weighted by atomic mass is 19.1. The Labute approximate surface area is 191 Å². The fraction of sp³-hybridized carbons (Fsp3) is 0.444. The highest BCUT2D eigenvalue weighted by Crippen LogP contribution is 2.24. The Morgan fingerprint density at radius 1 is 1.12 bits per heavy atom. The van der Waals surface area contributed by atoms with E-state index in [-0.39, 0.29) is 5.82 Å². The molecule has 0 radical (unpaired) electrons. The maximum absolute atomic E-state index is 14.0. The third-order valence-electron chi connectivity index (χ3n) is 6.27. The second kappa shape index (κ2) is 11.4. The Morgan fingerprint density at radius 3 is 2.88 bits per heavy atom. The fourth-order valence-corrected chi connectivity index (χ4v) is 4.54. The van der Waals surface area contributed by atoms with Gasteiger partial charge in [0.2, 0.25) is 0 Å². The number of nitrogens with two attached hydrogens (primary N) is 1. The molecule has 2 aliphatic rings. The molecule has 2 aromatic carbocycles. The summed E-state index contributed by atoms with van der Waals surface area (Å²) >= 11 is 0. The quantitative estimate of drug-likeness (QED) is 0.642. The average Bonchev–Trinajstić information content (AvgIpc) is 3.09. The zero-order valence-corrected chi connectivity index (χ0v) is 18.8. The van der Waals surface area contributed by atoms with Crippen molar-refractivity contribution in [2.75, 3.05) is 26.2 Å². The van der Waals surface area contributed by atoms with Crippen LogP contribution in [0.25, 0.3) is 0 Å². The monoisotopic (exact) mass is 435 g/mol. The lowest BCUT2D eigenvalue weighted by Gasteiger charge is -2.30. The van der Waals surface area contributed by atoms with Gasteiger partial charge in [0.15, 0.2) is 0 Å². The van der Waals surface area contributed by atoms with Gasteiger partial charge in [-0.15, -0.1) is 0 Å². The number of hydrogen-bond donors (Lipinski definition) is 1. The summed E-state index contributed by atoms with van der Waals surface area (Å²) in [4.78, 5) is 7.11. The molecule has 1 saturated heterocycles. The van der Waals surface area contributed by atoms with Gasteiger partial charge in [-0.05, 0) is 87.0 Å². The number of likely N-dealkylation sites (tertiary alicyclic amines) is 1. The molecule has 0 amide bonds. The molecule has 2 aliphatic heterocycles. The molecule has 32 heavy (non-hydrogen) atoms. The SMILES string of the molecule is NC1CCCN(CCCc2ccccc2COc2ccc(F)cc2C2=NCCCC=C2)C1. The molecular formula is C27H34FN3O. The summed E-state index contributed by atoms with van der Waals surface area (Å²) in [6, 6.07) is 13.5. The molecule has 1 atom stereocenters. The molecule has 4 rings (SSSR count). The first-order valence-electron chi connectivity index (χ1n) is 11.9. The van der Waals surface area contributed by atoms with Crippen molar-refractivity contribution in [1.82, 2.24) is 4.90 Å². The maximum atomic E-state index is 14.0. The molecule has 170 valence electrons. The first-order chi connectivity index (χ1) is 15.7. The van der Waals surface area contributed by atoms with Crippen molar-refractivity contribution >= 4 is 5.71 Å². The normalized spacial score (nSPS) is 19.4. The number of ether oxygens (including phenoxy) is 1. The van der Waals surface area contributed by atoms with Crippen molar-refractivity contribution in [2.45, 2.75) is 51.2 Å². The molecule has 0 bridgehead atoms. The average molecular weight is 436 g/mol. The zero-order valence-electron chi connectivity index (χ0n) is 18.8. The second-order valence-corrected chi connectivity index (χ2v) is 8.82. The number of nitrogens with zero attached hydrogens (tertiary/aromatic N) is 2. The maximum Gasteiger partial charge on any atom is 0.129 e. The van der Waals surface area contributed by atoms with E-state index in [4.69, 9.17) is 10.5 Å². The fourth-order valence-electron chi connectivity index (χ4n) is 4.54. The minimum absolute atomic E-state index is 0.273. The largest absolute Gasteiger partial charge is 0.488 e. The van der Waals surface area contributed by atoms with Crippen molar-refractivity contribution in [3.05, 3.63) is 77.1 Å². The van der Waals surface area contributed by atoms with E-state index in [1.807, 2.05) is 6.08 Å². The van der Waals surface area contributed by atoms with Gasteiger partial charge in [0.05, 0.1) is 5.71 Å². The Morgan fingerprint density at radius 2 is 2.00 bits per heavy atom. The van der Waals surface area contributed by atoms with Crippen LogP contribution in [0.5, 0.6) is 5.75 Å². The van der Waals surface area contributed by atoms with Gasteiger partial charge >= 0.3 is 0 Å². The minimum Gasteiger partial charge on any atom is -0.488 e. The van der Waals surface area contributed by atoms with E-state index in [9.17, 15) is 4.39 Å². The number of hydrogen-bond acceptors (Lipinski definition) is 4. The standard InChI is InChI=1S/C27H34FN3O/c28-23-13-14-27(25(18-23)26-12-2-1-5-15-30-26)32-20-22-9-4-3-8-21(22)10-6-16-31-17-7-11-24(29)19-31/h2-4,8-9,12-14,18,24H,1,5-7,10-11,15-17,19-20,29H2. The molecule has 0 saturated carbocycles. The lowest BCUT2D eigenvalue weighted by molar-refractivity contribution is 0.207. The molecule has 1 unspecified atom stereocenters. The van der Waals surface area contributed by atoms with E-state index in [2.05, 4.69) is 40.2 Å². The number of halogens is 1. The summed E-state index contributed by atoms with van der Waals surface area (Å²) in [5, 5.41) is 0. The van der Waals surface area contributed by atoms with Crippen LogP contribution in [0.1, 0.15) is 48.8 Å². The predicted molar refractivity (Wildman–Crippen MR) is 129 cm³/mol. The molecule has 0 spiro atoms. The summed E-state index contributed by atoms with van der Waals surface area (Å²) in [6.07, 6.45) is 10.6. The Balaban J connectivity index is 1.41. The number of aliphatic imine (C=N–C) groups is 1. The van der Waals surface area contributed by atoms with Crippen LogP contribution in [0.4, 0.5) is 4.39 Å². The third kappa shape index (κ3) is 6.27. The third-order valence-corrected chi connectivity index (χ3v) is 6.27. The highest BCUT2D eigenvalue weighted by Gasteiger charge is 2.16. The van der Waals surface area contributed by atoms with Gasteiger partial charge in [0, 0.05) is 24.7 Å². The smallest absolute Gasteiger partial charge is 0.129 e. The number of aryl methyl sites for hydroxylation is 1. The summed E-state index contributed by atoms with van der Waals surface area (Å²) in [7, 11) is 0. The molecule has 0 aromatic heterocycles. The summed E-state index contributed by atoms with van der Waals surface area (Å²) in [5.74, 6) is 0.402. The lowest BCUT2D eigenvalue weighted by Crippen LogP contribution is -2.43. The van der Waals surface area contributed by atoms with Crippen LogP contribution in [-0.2, 0) is 13.0 Å². The zero-order chi connectivity index (χ0) is 22.2. The van der Waals surface area contributed by atoms with E-state index in [1.165, 1.54) is 29.7 Å². The van der Waals surface area contributed by atoms with E-state index in [0.29, 0.717) is 18.4 Å². The number of benzene rings is 2. The van der Waals surface area contributed by atoms with Gasteiger partial charge in [0.1, 0.15) is 18.2 Å². The Kier molecular flexibility index (Phi) is 8.07. The van der Waals surface area contributed by atoms with Gasteiger partial charge in [-0.1, -0.05) is 30.3 Å². The number of piperidine rings is 1. The van der Waals surface area contributed by atoms with Crippen LogP contribution in [0, 0.1) is 5.82 Å². The van der Waals surface area contributed by atoms with Gasteiger partial charge in [0.25, 0.3) is 0 Å². The first-order valence-corrected chi connectivity index (χ1v) is 11.9. The molecule has 0 aliphatic carbocycles. The molecule has 1 fully saturated rings. The molecule has 2 heterocycles. The molecule has 2 N–H and O–H groups in total. The van der Waals surface area contributed by atoms with E-state index < -0.39 is 0 Å². The topological polar surface area (TPSA) is 50.8 Å². The van der Waals surface area contributed by atoms with Crippen LogP contribution in [-0.4, -0.2) is 42.8 Å². The van der Waals surface area contributed by atoms with Gasteiger partial charge < -0.3 is 15.4 Å². The van der Waals surface area contributed by atoms with Crippen LogP contribution in [0.15, 0.2) is 59.6 Å². The van der Waals surface area contributed by atoms with E-state index in [1.54, 1.807) is 6.07 Å². The van der Waals surface area contributed by atoms with Crippen molar-refractivity contribution in [1.29, 1.82) is 0 Å². The highest BCUT2D eigenvalue weighted by molar-refractivity contribution is 6.10. The summed E-state index contributed by atoms with van der Waals surface area (Å²) < 4.78 is 20.2. The summed E-state index contributed by atoms with van der Waals surface area (Å²) in [6.45, 7) is 4.46. The Hall–Kier alpha value is -2.50. The van der Waals surface area contributed by atoms with Crippen LogP contribution in [0.2, 0.25) is 0 Å². The summed E-state index contributed by atoms with van der Waals surface area (Å²) in [5.41, 5.74) is 10.1. The second-order valence-electron chi connectivity index (χ2n) is 8.82. The number of allylic oxidation sites excluding steroid dienone is 2. The van der Waals surface area contributed by atoms with Crippen molar-refractivity contribution in [3.63, 3.8) is 0 Å². The van der Waals surface area contributed by atoms with Gasteiger partial charge in [-0.25, -0.2) is 4.39 Å². The molecular weight excluding hydrogens is 401 g/mol. The van der Waals surface area contributed by atoms with Gasteiger partial charge in [-0.2, -0.15) is 0 Å². The lowest BCUT2D eigenvalue weighted by atomic mass is 10.0. The predicted octanol–water partition coefficient (Wildman–Crippen LogP) is 4.90.